The molecular formula is C27H23N3O4. The minimum Gasteiger partial charge on any atom is -0.485 e. The van der Waals surface area contributed by atoms with E-state index in [1.807, 2.05) is 54.6 Å². The summed E-state index contributed by atoms with van der Waals surface area (Å²) in [4.78, 5) is 29.9. The minimum atomic E-state index is -0.694. The zero-order valence-corrected chi connectivity index (χ0v) is 18.5. The van der Waals surface area contributed by atoms with Crippen molar-refractivity contribution in [1.82, 2.24) is 9.80 Å². The number of benzene rings is 3. The van der Waals surface area contributed by atoms with Crippen LogP contribution in [0, 0.1) is 11.3 Å². The number of hydrogen-bond donors (Lipinski definition) is 0. The summed E-state index contributed by atoms with van der Waals surface area (Å²) in [7, 11) is 0. The molecule has 2 aliphatic rings. The quantitative estimate of drug-likeness (QED) is 0.607. The second kappa shape index (κ2) is 9.28. The maximum Gasteiger partial charge on any atom is 0.267 e. The molecule has 0 bridgehead atoms. The van der Waals surface area contributed by atoms with Crippen LogP contribution in [0.5, 0.6) is 11.5 Å². The van der Waals surface area contributed by atoms with Crippen LogP contribution in [0.2, 0.25) is 0 Å². The van der Waals surface area contributed by atoms with E-state index in [4.69, 9.17) is 9.47 Å². The maximum absolute atomic E-state index is 13.4. The van der Waals surface area contributed by atoms with Gasteiger partial charge in [-0.3, -0.25) is 9.59 Å². The van der Waals surface area contributed by atoms with Crippen molar-refractivity contribution >= 4 is 11.8 Å². The Morgan fingerprint density at radius 3 is 2.18 bits per heavy atom. The summed E-state index contributed by atoms with van der Waals surface area (Å²) in [5.74, 6) is 0.959. The first-order valence-electron chi connectivity index (χ1n) is 11.2. The van der Waals surface area contributed by atoms with Crippen LogP contribution in [0.3, 0.4) is 0 Å². The Balaban J connectivity index is 1.27. The molecular weight excluding hydrogens is 430 g/mol. The van der Waals surface area contributed by atoms with Crippen molar-refractivity contribution in [1.29, 1.82) is 5.26 Å². The second-order valence-corrected chi connectivity index (χ2v) is 8.18. The van der Waals surface area contributed by atoms with Crippen LogP contribution in [0.15, 0.2) is 72.8 Å². The Kier molecular flexibility index (Phi) is 5.88. The fraction of sp³-hybridized carbons (Fsp3) is 0.222. The highest BCUT2D eigenvalue weighted by Crippen LogP contribution is 2.32. The van der Waals surface area contributed by atoms with Crippen LogP contribution in [0.25, 0.3) is 11.1 Å². The SMILES string of the molecule is N#Cc1ccccc1-c1ccccc1C(=O)N1CCN(C(=O)[C@@H]2COc3ccccc3O2)CC1. The first-order chi connectivity index (χ1) is 16.7. The highest BCUT2D eigenvalue weighted by molar-refractivity contribution is 6.01. The van der Waals surface area contributed by atoms with Crippen molar-refractivity contribution in [3.8, 4) is 28.7 Å². The number of hydrogen-bond acceptors (Lipinski definition) is 5. The van der Waals surface area contributed by atoms with Gasteiger partial charge in [0, 0.05) is 37.3 Å². The normalized spacial score (nSPS) is 17.1. The molecule has 5 rings (SSSR count). The number of para-hydroxylation sites is 2. The predicted molar refractivity (Wildman–Crippen MR) is 125 cm³/mol. The lowest BCUT2D eigenvalue weighted by Crippen LogP contribution is -2.55. The number of carbonyl (C=O) groups is 2. The summed E-state index contributed by atoms with van der Waals surface area (Å²) in [5.41, 5.74) is 2.53. The number of fused-ring (bicyclic) bond motifs is 1. The van der Waals surface area contributed by atoms with Gasteiger partial charge in [-0.15, -0.1) is 0 Å². The third kappa shape index (κ3) is 4.06. The molecule has 0 N–H and O–H groups in total. The van der Waals surface area contributed by atoms with Crippen LogP contribution in [-0.2, 0) is 4.79 Å². The number of rotatable bonds is 3. The molecule has 7 heteroatoms. The minimum absolute atomic E-state index is 0.110. The molecule has 0 radical (unpaired) electrons. The Morgan fingerprint density at radius 1 is 0.794 bits per heavy atom. The second-order valence-electron chi connectivity index (χ2n) is 8.18. The molecule has 0 unspecified atom stereocenters. The van der Waals surface area contributed by atoms with Crippen molar-refractivity contribution in [2.45, 2.75) is 6.10 Å². The first kappa shape index (κ1) is 21.5. The highest BCUT2D eigenvalue weighted by Gasteiger charge is 2.34. The number of amides is 2. The number of ether oxygens (including phenoxy) is 2. The van der Waals surface area contributed by atoms with Crippen LogP contribution >= 0.6 is 0 Å². The van der Waals surface area contributed by atoms with E-state index in [2.05, 4.69) is 6.07 Å². The number of piperazine rings is 1. The summed E-state index contributed by atoms with van der Waals surface area (Å²) in [6, 6.07) is 24.1. The molecule has 34 heavy (non-hydrogen) atoms. The van der Waals surface area contributed by atoms with Gasteiger partial charge in [-0.1, -0.05) is 48.5 Å². The van der Waals surface area contributed by atoms with E-state index in [0.29, 0.717) is 48.8 Å². The third-order valence-corrected chi connectivity index (χ3v) is 6.16. The zero-order valence-electron chi connectivity index (χ0n) is 18.5. The van der Waals surface area contributed by atoms with Gasteiger partial charge in [0.05, 0.1) is 11.6 Å². The number of nitriles is 1. The molecule has 2 aliphatic heterocycles. The molecule has 7 nitrogen and oxygen atoms in total. The van der Waals surface area contributed by atoms with E-state index < -0.39 is 6.10 Å². The molecule has 1 fully saturated rings. The summed E-state index contributed by atoms with van der Waals surface area (Å²) in [6.07, 6.45) is -0.694. The van der Waals surface area contributed by atoms with Gasteiger partial charge in [0.2, 0.25) is 6.10 Å². The average Bonchev–Trinajstić information content (AvgIpc) is 2.92. The highest BCUT2D eigenvalue weighted by atomic mass is 16.6. The molecule has 1 saturated heterocycles. The lowest BCUT2D eigenvalue weighted by atomic mass is 9.95. The van der Waals surface area contributed by atoms with Gasteiger partial charge < -0.3 is 19.3 Å². The molecule has 3 aromatic rings. The molecule has 0 spiro atoms. The molecule has 3 aromatic carbocycles. The fourth-order valence-corrected chi connectivity index (χ4v) is 4.37. The molecule has 0 aliphatic carbocycles. The Morgan fingerprint density at radius 2 is 1.41 bits per heavy atom. The van der Waals surface area contributed by atoms with Crippen LogP contribution in [0.1, 0.15) is 15.9 Å². The summed E-state index contributed by atoms with van der Waals surface area (Å²) >= 11 is 0. The topological polar surface area (TPSA) is 82.9 Å². The molecule has 0 saturated carbocycles. The number of carbonyl (C=O) groups excluding carboxylic acids is 2. The smallest absolute Gasteiger partial charge is 0.267 e. The predicted octanol–water partition coefficient (Wildman–Crippen LogP) is 3.35. The van der Waals surface area contributed by atoms with E-state index in [1.165, 1.54) is 0 Å². The van der Waals surface area contributed by atoms with Crippen LogP contribution in [-0.4, -0.2) is 60.5 Å². The van der Waals surface area contributed by atoms with Crippen LogP contribution in [0.4, 0.5) is 0 Å². The lowest BCUT2D eigenvalue weighted by Gasteiger charge is -2.37. The summed E-state index contributed by atoms with van der Waals surface area (Å²) in [5, 5.41) is 9.50. The first-order valence-corrected chi connectivity index (χ1v) is 11.2. The van der Waals surface area contributed by atoms with Gasteiger partial charge in [-0.25, -0.2) is 0 Å². The van der Waals surface area contributed by atoms with E-state index in [-0.39, 0.29) is 18.4 Å². The maximum atomic E-state index is 13.4. The van der Waals surface area contributed by atoms with Crippen molar-refractivity contribution in [3.63, 3.8) is 0 Å². The van der Waals surface area contributed by atoms with Gasteiger partial charge in [-0.2, -0.15) is 5.26 Å². The van der Waals surface area contributed by atoms with Gasteiger partial charge in [0.25, 0.3) is 11.8 Å². The van der Waals surface area contributed by atoms with Crippen molar-refractivity contribution in [2.75, 3.05) is 32.8 Å². The molecule has 2 amide bonds. The Bertz CT molecular complexity index is 1270. The van der Waals surface area contributed by atoms with E-state index in [0.717, 1.165) is 11.1 Å². The van der Waals surface area contributed by atoms with Gasteiger partial charge in [-0.05, 0) is 29.8 Å². The van der Waals surface area contributed by atoms with Gasteiger partial charge in [0.1, 0.15) is 6.61 Å². The summed E-state index contributed by atoms with van der Waals surface area (Å²) < 4.78 is 11.5. The van der Waals surface area contributed by atoms with Gasteiger partial charge in [0.15, 0.2) is 11.5 Å². The zero-order chi connectivity index (χ0) is 23.5. The Hall–Kier alpha value is -4.31. The molecule has 1 atom stereocenters. The standard InChI is InChI=1S/C27H23N3O4/c28-17-19-7-1-2-8-20(19)21-9-3-4-10-22(21)26(31)29-13-15-30(16-14-29)27(32)25-18-33-23-11-5-6-12-24(23)34-25/h1-12,25H,13-16,18H2/t25-/m0/s1. The van der Waals surface area contributed by atoms with Crippen molar-refractivity contribution < 1.29 is 19.1 Å². The largest absolute Gasteiger partial charge is 0.485 e. The van der Waals surface area contributed by atoms with Gasteiger partial charge >= 0.3 is 0 Å². The van der Waals surface area contributed by atoms with Crippen molar-refractivity contribution in [3.05, 3.63) is 83.9 Å². The average molecular weight is 453 g/mol. The van der Waals surface area contributed by atoms with Crippen molar-refractivity contribution in [2.24, 2.45) is 0 Å². The number of nitrogens with zero attached hydrogens (tertiary/aromatic N) is 3. The third-order valence-electron chi connectivity index (χ3n) is 6.16. The van der Waals surface area contributed by atoms with E-state index >= 15 is 0 Å². The van der Waals surface area contributed by atoms with E-state index in [1.54, 1.807) is 28.0 Å². The summed E-state index contributed by atoms with van der Waals surface area (Å²) in [6.45, 7) is 1.85. The monoisotopic (exact) mass is 453 g/mol. The molecule has 0 aromatic heterocycles. The lowest BCUT2D eigenvalue weighted by molar-refractivity contribution is -0.142. The fourth-order valence-electron chi connectivity index (χ4n) is 4.37. The molecule has 2 heterocycles. The van der Waals surface area contributed by atoms with E-state index in [9.17, 15) is 14.9 Å². The molecule has 170 valence electrons. The Labute approximate surface area is 197 Å². The van der Waals surface area contributed by atoms with Crippen LogP contribution < -0.4 is 9.47 Å².